The van der Waals surface area contributed by atoms with Crippen LogP contribution in [0.2, 0.25) is 0 Å². The van der Waals surface area contributed by atoms with Gasteiger partial charge in [0.1, 0.15) is 5.69 Å². The van der Waals surface area contributed by atoms with Gasteiger partial charge >= 0.3 is 0 Å². The Morgan fingerprint density at radius 3 is 2.84 bits per heavy atom. The second-order valence-electron chi connectivity index (χ2n) is 7.79. The Morgan fingerprint density at radius 2 is 2.09 bits per heavy atom. The second-order valence-corrected chi connectivity index (χ2v) is 7.79. The fourth-order valence-corrected chi connectivity index (χ4v) is 3.89. The van der Waals surface area contributed by atoms with Gasteiger partial charge in [0.05, 0.1) is 23.4 Å². The molecule has 0 aliphatic carbocycles. The van der Waals surface area contributed by atoms with Crippen LogP contribution in [0.3, 0.4) is 0 Å². The molecule has 0 saturated carbocycles. The van der Waals surface area contributed by atoms with Crippen molar-refractivity contribution in [3.63, 3.8) is 0 Å². The molecule has 0 amide bonds. The van der Waals surface area contributed by atoms with Crippen LogP contribution in [0.25, 0.3) is 11.2 Å². The first kappa shape index (κ1) is 21.4. The maximum atomic E-state index is 13.2. The van der Waals surface area contributed by atoms with Gasteiger partial charge in [0.25, 0.3) is 0 Å². The Kier molecular flexibility index (Phi) is 5.60. The summed E-state index contributed by atoms with van der Waals surface area (Å²) in [6.45, 7) is 10.2. The van der Waals surface area contributed by atoms with Crippen LogP contribution in [0.4, 0.5) is 5.69 Å². The maximum absolute atomic E-state index is 13.2. The van der Waals surface area contributed by atoms with E-state index in [1.54, 1.807) is 6.92 Å². The van der Waals surface area contributed by atoms with Crippen LogP contribution in [0.1, 0.15) is 30.4 Å². The summed E-state index contributed by atoms with van der Waals surface area (Å²) in [6, 6.07) is 0. The molecular formula is C22H25N7O3-2. The Hall–Kier alpha value is -3.82. The van der Waals surface area contributed by atoms with Crippen molar-refractivity contribution in [2.75, 3.05) is 18.4 Å². The zero-order chi connectivity index (χ0) is 23.0. The van der Waals surface area contributed by atoms with E-state index in [1.165, 1.54) is 17.4 Å². The Morgan fingerprint density at radius 1 is 1.34 bits per heavy atom. The summed E-state index contributed by atoms with van der Waals surface area (Å²) in [7, 11) is 0. The van der Waals surface area contributed by atoms with Crippen LogP contribution in [-0.2, 0) is 13.0 Å². The lowest BCUT2D eigenvalue weighted by molar-refractivity contribution is -0.337. The number of anilines is 1. The van der Waals surface area contributed by atoms with E-state index in [4.69, 9.17) is 0 Å². The number of nitrogens with one attached hydrogen (secondary N) is 2. The van der Waals surface area contributed by atoms with Crippen molar-refractivity contribution in [2.45, 2.75) is 40.2 Å². The summed E-state index contributed by atoms with van der Waals surface area (Å²) in [4.78, 5) is 27.5. The van der Waals surface area contributed by atoms with E-state index >= 15 is 0 Å². The molecule has 0 aromatic carbocycles. The molecule has 32 heavy (non-hydrogen) atoms. The van der Waals surface area contributed by atoms with Gasteiger partial charge in [-0.2, -0.15) is 0 Å². The number of allylic oxidation sites excluding steroid dienone is 1. The standard InChI is InChI=1S/C22H27N7O3/c1-5-28(22(32)18-19(30)14(4)24-11-25-18)10-8-23-16-15-7-6-9-29(15)21-17(20(16)31)26-12(2)13(3)27-21/h5,11,23,30,32H,1,6-10H2,2-4H3,(H,24,25)/p-2. The van der Waals surface area contributed by atoms with Gasteiger partial charge in [0.2, 0.25) is 5.43 Å². The Balaban J connectivity index is 1.61. The highest BCUT2D eigenvalue weighted by atomic mass is 16.3. The fraction of sp³-hybridized carbons (Fsp3) is 0.364. The third-order valence-electron chi connectivity index (χ3n) is 5.76. The van der Waals surface area contributed by atoms with Crippen LogP contribution in [-0.4, -0.2) is 38.9 Å². The molecule has 2 aromatic heterocycles. The highest BCUT2D eigenvalue weighted by molar-refractivity contribution is 5.77. The van der Waals surface area contributed by atoms with Gasteiger partial charge in [0.15, 0.2) is 11.2 Å². The van der Waals surface area contributed by atoms with Gasteiger partial charge in [0, 0.05) is 31.0 Å². The van der Waals surface area contributed by atoms with E-state index in [2.05, 4.69) is 32.2 Å². The SMILES string of the molecule is C=CN(CCNc1c2n(c3nc(C)c(C)nc3c1=O)CCC2)C([O-])=C1N=CNC(C)=C1[O-]. The van der Waals surface area contributed by atoms with Crippen molar-refractivity contribution < 1.29 is 10.2 Å². The number of pyridine rings is 1. The molecule has 4 rings (SSSR count). The van der Waals surface area contributed by atoms with Gasteiger partial charge in [-0.25, -0.2) is 15.0 Å². The molecule has 2 aromatic rings. The van der Waals surface area contributed by atoms with Crippen LogP contribution >= 0.6 is 0 Å². The minimum Gasteiger partial charge on any atom is -0.870 e. The molecule has 4 heterocycles. The van der Waals surface area contributed by atoms with Crippen molar-refractivity contribution in [3.8, 4) is 0 Å². The van der Waals surface area contributed by atoms with E-state index in [1.807, 2.05) is 18.4 Å². The smallest absolute Gasteiger partial charge is 0.232 e. The van der Waals surface area contributed by atoms with Gasteiger partial charge in [-0.1, -0.05) is 12.3 Å². The van der Waals surface area contributed by atoms with E-state index in [-0.39, 0.29) is 24.2 Å². The Labute approximate surface area is 185 Å². The van der Waals surface area contributed by atoms with Gasteiger partial charge in [-0.15, -0.1) is 0 Å². The molecule has 0 bridgehead atoms. The minimum atomic E-state index is -0.540. The zero-order valence-electron chi connectivity index (χ0n) is 18.4. The average Bonchev–Trinajstić information content (AvgIpc) is 3.26. The van der Waals surface area contributed by atoms with Gasteiger partial charge in [-0.05, 0) is 45.7 Å². The quantitative estimate of drug-likeness (QED) is 0.604. The summed E-state index contributed by atoms with van der Waals surface area (Å²) in [5.41, 5.74) is 3.83. The number of aryl methyl sites for hydroxylation is 3. The number of aliphatic imine (C=N–C) groups is 1. The molecule has 2 aliphatic rings. The first-order valence-corrected chi connectivity index (χ1v) is 10.5. The fourth-order valence-electron chi connectivity index (χ4n) is 3.89. The molecule has 0 fully saturated rings. The molecule has 10 heteroatoms. The minimum absolute atomic E-state index is 0.172. The lowest BCUT2D eigenvalue weighted by atomic mass is 10.2. The molecular weight excluding hydrogens is 410 g/mol. The lowest BCUT2D eigenvalue weighted by Crippen LogP contribution is -2.34. The van der Waals surface area contributed by atoms with Crippen LogP contribution in [0, 0.1) is 13.8 Å². The predicted octanol–water partition coefficient (Wildman–Crippen LogP) is -0.0354. The van der Waals surface area contributed by atoms with Gasteiger partial charge < -0.3 is 30.3 Å². The first-order valence-electron chi connectivity index (χ1n) is 10.5. The normalized spacial score (nSPS) is 16.7. The monoisotopic (exact) mass is 435 g/mol. The summed E-state index contributed by atoms with van der Waals surface area (Å²) in [5.74, 6) is -0.992. The molecule has 10 nitrogen and oxygen atoms in total. The number of hydrogen-bond donors (Lipinski definition) is 2. The molecule has 0 saturated heterocycles. The molecule has 168 valence electrons. The van der Waals surface area contributed by atoms with E-state index in [9.17, 15) is 15.0 Å². The van der Waals surface area contributed by atoms with Crippen molar-refractivity contribution in [1.82, 2.24) is 24.8 Å². The lowest BCUT2D eigenvalue weighted by Gasteiger charge is -2.33. The van der Waals surface area contributed by atoms with E-state index in [0.29, 0.717) is 22.5 Å². The summed E-state index contributed by atoms with van der Waals surface area (Å²) in [5, 5.41) is 30.9. The Bertz CT molecular complexity index is 1260. The number of hydrogen-bond acceptors (Lipinski definition) is 9. The van der Waals surface area contributed by atoms with Crippen molar-refractivity contribution in [1.29, 1.82) is 0 Å². The second kappa shape index (κ2) is 8.37. The third kappa shape index (κ3) is 3.57. The molecule has 0 unspecified atom stereocenters. The van der Waals surface area contributed by atoms with Crippen LogP contribution in [0.15, 0.2) is 45.6 Å². The van der Waals surface area contributed by atoms with Crippen LogP contribution < -0.4 is 26.3 Å². The molecule has 2 N–H and O–H groups in total. The first-order chi connectivity index (χ1) is 15.3. The van der Waals surface area contributed by atoms with Crippen molar-refractivity contribution in [3.05, 3.63) is 63.1 Å². The number of aromatic nitrogens is 3. The van der Waals surface area contributed by atoms with E-state index in [0.717, 1.165) is 36.5 Å². The van der Waals surface area contributed by atoms with E-state index < -0.39 is 11.6 Å². The highest BCUT2D eigenvalue weighted by Crippen LogP contribution is 2.25. The summed E-state index contributed by atoms with van der Waals surface area (Å²) in [6.07, 6.45) is 4.34. The zero-order valence-corrected chi connectivity index (χ0v) is 18.4. The molecule has 0 radical (unpaired) electrons. The molecule has 2 aliphatic heterocycles. The molecule has 0 atom stereocenters. The van der Waals surface area contributed by atoms with Crippen molar-refractivity contribution in [2.24, 2.45) is 4.99 Å². The van der Waals surface area contributed by atoms with Gasteiger partial charge in [-0.3, -0.25) is 4.79 Å². The predicted molar refractivity (Wildman–Crippen MR) is 118 cm³/mol. The maximum Gasteiger partial charge on any atom is 0.232 e. The van der Waals surface area contributed by atoms with Crippen LogP contribution in [0.5, 0.6) is 0 Å². The number of fused-ring (bicyclic) bond motifs is 3. The average molecular weight is 435 g/mol. The summed E-state index contributed by atoms with van der Waals surface area (Å²) < 4.78 is 2.05. The number of rotatable bonds is 6. The third-order valence-corrected chi connectivity index (χ3v) is 5.76. The summed E-state index contributed by atoms with van der Waals surface area (Å²) >= 11 is 0. The molecule has 0 spiro atoms. The topological polar surface area (TPSA) is 134 Å². The largest absolute Gasteiger partial charge is 0.870 e. The highest BCUT2D eigenvalue weighted by Gasteiger charge is 2.23. The van der Waals surface area contributed by atoms with Crippen molar-refractivity contribution >= 4 is 23.2 Å². The number of nitrogens with zero attached hydrogens (tertiary/aromatic N) is 5.